The fourth-order valence-electron chi connectivity index (χ4n) is 5.60. The van der Waals surface area contributed by atoms with Gasteiger partial charge in [-0.3, -0.25) is 4.79 Å². The van der Waals surface area contributed by atoms with E-state index in [1.807, 2.05) is 0 Å². The van der Waals surface area contributed by atoms with Gasteiger partial charge in [-0.05, 0) is 68.1 Å². The molecule has 2 heteroatoms. The molecule has 4 aliphatic carbocycles. The monoisotopic (exact) mass is 264 g/mol. The molecule has 4 aliphatic rings. The minimum absolute atomic E-state index is 0.0451. The predicted octanol–water partition coefficient (Wildman–Crippen LogP) is 4.18. The lowest BCUT2D eigenvalue weighted by molar-refractivity contribution is -0.225. The standard InChI is InChI=1S/C17H28O2/c1-4-5-16(18)19-17(11(2)3)14-7-12-6-13(9-14)10-15(17)8-12/h11-15H,4-10H2,1-3H3. The molecule has 19 heavy (non-hydrogen) atoms. The summed E-state index contributed by atoms with van der Waals surface area (Å²) >= 11 is 0. The zero-order valence-corrected chi connectivity index (χ0v) is 12.7. The molecule has 0 amide bonds. The molecule has 0 aliphatic heterocycles. The Balaban J connectivity index is 1.86. The minimum atomic E-state index is -0.125. The number of rotatable bonds is 4. The van der Waals surface area contributed by atoms with Gasteiger partial charge in [0.05, 0.1) is 0 Å². The fourth-order valence-corrected chi connectivity index (χ4v) is 5.60. The van der Waals surface area contributed by atoms with Gasteiger partial charge < -0.3 is 4.74 Å². The molecule has 0 aromatic heterocycles. The Bertz CT molecular complexity index is 330. The first kappa shape index (κ1) is 13.5. The highest BCUT2D eigenvalue weighted by Gasteiger charge is 2.60. The van der Waals surface area contributed by atoms with Crippen LogP contribution in [0, 0.1) is 29.6 Å². The van der Waals surface area contributed by atoms with Crippen LogP contribution >= 0.6 is 0 Å². The maximum absolute atomic E-state index is 12.1. The first-order valence-electron chi connectivity index (χ1n) is 8.28. The van der Waals surface area contributed by atoms with Crippen LogP contribution in [0.3, 0.4) is 0 Å². The molecule has 0 aromatic rings. The van der Waals surface area contributed by atoms with Gasteiger partial charge in [0.25, 0.3) is 0 Å². The SMILES string of the molecule is CCCC(=O)OC1(C(C)C)C2CC3CC(C2)CC1C3. The lowest BCUT2D eigenvalue weighted by Gasteiger charge is -2.61. The molecule has 0 heterocycles. The van der Waals surface area contributed by atoms with E-state index in [2.05, 4.69) is 20.8 Å². The summed E-state index contributed by atoms with van der Waals surface area (Å²) in [6, 6.07) is 0. The largest absolute Gasteiger partial charge is 0.458 e. The van der Waals surface area contributed by atoms with Crippen molar-refractivity contribution in [1.29, 1.82) is 0 Å². The average Bonchev–Trinajstić information content (AvgIpc) is 2.33. The molecule has 4 saturated carbocycles. The second-order valence-corrected chi connectivity index (χ2v) is 7.54. The molecular formula is C17H28O2. The van der Waals surface area contributed by atoms with Gasteiger partial charge in [0.2, 0.25) is 0 Å². The van der Waals surface area contributed by atoms with Gasteiger partial charge in [0.15, 0.2) is 0 Å². The zero-order valence-electron chi connectivity index (χ0n) is 12.7. The van der Waals surface area contributed by atoms with E-state index in [0.717, 1.165) is 18.3 Å². The maximum atomic E-state index is 12.1. The highest BCUT2D eigenvalue weighted by molar-refractivity contribution is 5.70. The van der Waals surface area contributed by atoms with E-state index in [-0.39, 0.29) is 11.6 Å². The van der Waals surface area contributed by atoms with Crippen molar-refractivity contribution in [3.8, 4) is 0 Å². The lowest BCUT2D eigenvalue weighted by Crippen LogP contribution is -2.62. The van der Waals surface area contributed by atoms with Crippen LogP contribution in [0.4, 0.5) is 0 Å². The average molecular weight is 264 g/mol. The Labute approximate surface area is 117 Å². The van der Waals surface area contributed by atoms with Crippen LogP contribution in [-0.2, 0) is 9.53 Å². The van der Waals surface area contributed by atoms with Crippen LogP contribution in [0.5, 0.6) is 0 Å². The Morgan fingerprint density at radius 1 is 1.11 bits per heavy atom. The van der Waals surface area contributed by atoms with Gasteiger partial charge in [-0.15, -0.1) is 0 Å². The van der Waals surface area contributed by atoms with Gasteiger partial charge in [0, 0.05) is 6.42 Å². The second-order valence-electron chi connectivity index (χ2n) is 7.54. The number of carbonyl (C=O) groups is 1. The van der Waals surface area contributed by atoms with Crippen molar-refractivity contribution >= 4 is 5.97 Å². The second kappa shape index (κ2) is 4.79. The summed E-state index contributed by atoms with van der Waals surface area (Å²) in [5, 5.41) is 0. The van der Waals surface area contributed by atoms with Crippen LogP contribution in [0.2, 0.25) is 0 Å². The van der Waals surface area contributed by atoms with Crippen molar-refractivity contribution in [3.05, 3.63) is 0 Å². The van der Waals surface area contributed by atoms with Gasteiger partial charge >= 0.3 is 5.97 Å². The molecule has 0 aromatic carbocycles. The molecule has 4 rings (SSSR count). The summed E-state index contributed by atoms with van der Waals surface area (Å²) in [7, 11) is 0. The minimum Gasteiger partial charge on any atom is -0.458 e. The summed E-state index contributed by atoms with van der Waals surface area (Å²) in [5.74, 6) is 3.65. The van der Waals surface area contributed by atoms with Gasteiger partial charge in [0.1, 0.15) is 5.60 Å². The molecule has 0 saturated heterocycles. The van der Waals surface area contributed by atoms with Crippen molar-refractivity contribution < 1.29 is 9.53 Å². The smallest absolute Gasteiger partial charge is 0.306 e. The molecule has 0 N–H and O–H groups in total. The summed E-state index contributed by atoms with van der Waals surface area (Å²) < 4.78 is 6.18. The summed E-state index contributed by atoms with van der Waals surface area (Å²) in [4.78, 5) is 12.1. The number of hydrogen-bond donors (Lipinski definition) is 0. The summed E-state index contributed by atoms with van der Waals surface area (Å²) in [6.45, 7) is 6.59. The first-order chi connectivity index (χ1) is 9.06. The highest BCUT2D eigenvalue weighted by atomic mass is 16.6. The van der Waals surface area contributed by atoms with Crippen LogP contribution in [0.15, 0.2) is 0 Å². The van der Waals surface area contributed by atoms with E-state index in [9.17, 15) is 4.79 Å². The molecule has 0 unspecified atom stereocenters. The molecule has 2 nitrogen and oxygen atoms in total. The van der Waals surface area contributed by atoms with Crippen molar-refractivity contribution in [2.24, 2.45) is 29.6 Å². The quantitative estimate of drug-likeness (QED) is 0.712. The van der Waals surface area contributed by atoms with Gasteiger partial charge in [-0.25, -0.2) is 0 Å². The number of carbonyl (C=O) groups excluding carboxylic acids is 1. The van der Waals surface area contributed by atoms with Gasteiger partial charge in [-0.2, -0.15) is 0 Å². The van der Waals surface area contributed by atoms with E-state index in [0.29, 0.717) is 24.2 Å². The number of ether oxygens (including phenoxy) is 1. The van der Waals surface area contributed by atoms with E-state index in [4.69, 9.17) is 4.74 Å². The zero-order chi connectivity index (χ0) is 13.6. The lowest BCUT2D eigenvalue weighted by atomic mass is 9.47. The third-order valence-corrected chi connectivity index (χ3v) is 6.06. The normalized spacial score (nSPS) is 43.8. The molecule has 0 atom stereocenters. The number of hydrogen-bond acceptors (Lipinski definition) is 2. The van der Waals surface area contributed by atoms with E-state index in [1.54, 1.807) is 0 Å². The van der Waals surface area contributed by atoms with Crippen molar-refractivity contribution in [2.75, 3.05) is 0 Å². The summed E-state index contributed by atoms with van der Waals surface area (Å²) in [5.41, 5.74) is -0.125. The van der Waals surface area contributed by atoms with Crippen LogP contribution in [-0.4, -0.2) is 11.6 Å². The van der Waals surface area contributed by atoms with Crippen molar-refractivity contribution in [2.45, 2.75) is 71.3 Å². The van der Waals surface area contributed by atoms with Crippen LogP contribution < -0.4 is 0 Å². The Morgan fingerprint density at radius 2 is 1.63 bits per heavy atom. The molecule has 4 bridgehead atoms. The van der Waals surface area contributed by atoms with Crippen molar-refractivity contribution in [3.63, 3.8) is 0 Å². The van der Waals surface area contributed by atoms with E-state index >= 15 is 0 Å². The van der Waals surface area contributed by atoms with E-state index < -0.39 is 0 Å². The van der Waals surface area contributed by atoms with Crippen LogP contribution in [0.1, 0.15) is 65.7 Å². The van der Waals surface area contributed by atoms with E-state index in [1.165, 1.54) is 32.1 Å². The molecular weight excluding hydrogens is 236 g/mol. The third kappa shape index (κ3) is 2.02. The first-order valence-corrected chi connectivity index (χ1v) is 8.28. The fraction of sp³-hybridized carbons (Fsp3) is 0.941. The molecule has 0 spiro atoms. The Kier molecular flexibility index (Phi) is 3.39. The Morgan fingerprint density at radius 3 is 2.05 bits per heavy atom. The van der Waals surface area contributed by atoms with Gasteiger partial charge in [-0.1, -0.05) is 20.8 Å². The molecule has 0 radical (unpaired) electrons. The maximum Gasteiger partial charge on any atom is 0.306 e. The van der Waals surface area contributed by atoms with Crippen LogP contribution in [0.25, 0.3) is 0 Å². The van der Waals surface area contributed by atoms with Crippen molar-refractivity contribution in [1.82, 2.24) is 0 Å². The summed E-state index contributed by atoms with van der Waals surface area (Å²) in [6.07, 6.45) is 8.17. The topological polar surface area (TPSA) is 26.3 Å². The third-order valence-electron chi connectivity index (χ3n) is 6.06. The highest BCUT2D eigenvalue weighted by Crippen LogP contribution is 2.61. The number of esters is 1. The predicted molar refractivity (Wildman–Crippen MR) is 75.6 cm³/mol. The molecule has 108 valence electrons. The Hall–Kier alpha value is -0.530. The molecule has 4 fully saturated rings.